The zero-order valence-corrected chi connectivity index (χ0v) is 10.6. The third-order valence-corrected chi connectivity index (χ3v) is 3.68. The maximum atomic E-state index is 9.19. The molecule has 2 aromatic rings. The van der Waals surface area contributed by atoms with E-state index in [0.717, 1.165) is 17.2 Å². The predicted octanol–water partition coefficient (Wildman–Crippen LogP) is 3.11. The Hall–Kier alpha value is -2.01. The molecular weight excluding hydrogens is 244 g/mol. The molecule has 100 valence electrons. The van der Waals surface area contributed by atoms with Crippen LogP contribution in [-0.4, -0.2) is 10.9 Å². The first-order valence-electron chi connectivity index (χ1n) is 6.33. The van der Waals surface area contributed by atoms with Crippen LogP contribution in [0, 0.1) is 5.92 Å². The van der Waals surface area contributed by atoms with Crippen molar-refractivity contribution in [3.8, 4) is 0 Å². The van der Waals surface area contributed by atoms with Gasteiger partial charge in [-0.15, -0.1) is 0 Å². The summed E-state index contributed by atoms with van der Waals surface area (Å²) in [6, 6.07) is 7.52. The summed E-state index contributed by atoms with van der Waals surface area (Å²) in [6.45, 7) is 2.02. The number of hydrogen-bond acceptors (Lipinski definition) is 5. The van der Waals surface area contributed by atoms with Crippen molar-refractivity contribution in [3.63, 3.8) is 0 Å². The number of piperidine rings is 1. The molecule has 0 radical (unpaired) electrons. The summed E-state index contributed by atoms with van der Waals surface area (Å²) in [4.78, 5) is 0. The van der Waals surface area contributed by atoms with Crippen LogP contribution < -0.4 is 5.32 Å². The van der Waals surface area contributed by atoms with E-state index >= 15 is 0 Å². The summed E-state index contributed by atoms with van der Waals surface area (Å²) in [5, 5.41) is 16.1. The largest absolute Gasteiger partial charge is 0.468 e. The van der Waals surface area contributed by atoms with Crippen molar-refractivity contribution in [2.24, 2.45) is 11.1 Å². The number of hydrogen-bond donors (Lipinski definition) is 2. The second kappa shape index (κ2) is 4.93. The number of furan rings is 2. The van der Waals surface area contributed by atoms with Crippen molar-refractivity contribution in [2.75, 3.05) is 0 Å². The van der Waals surface area contributed by atoms with Gasteiger partial charge >= 0.3 is 0 Å². The normalized spacial score (nSPS) is 29.7. The smallest absolute Gasteiger partial charge is 0.121 e. The van der Waals surface area contributed by atoms with Crippen LogP contribution in [0.25, 0.3) is 0 Å². The van der Waals surface area contributed by atoms with Crippen LogP contribution in [0.4, 0.5) is 0 Å². The van der Waals surface area contributed by atoms with Gasteiger partial charge in [0.2, 0.25) is 0 Å². The standard InChI is InChI=1S/C14H16N2O3/c1-9-10(16-17)8-11(12-4-2-6-18-12)15-14(9)13-5-3-7-19-13/h2-7,9,11,14-15,17H,8H2,1H3/b16-10+/t9-,11+,14+/m1/s1. The van der Waals surface area contributed by atoms with Crippen LogP contribution in [0.2, 0.25) is 0 Å². The lowest BCUT2D eigenvalue weighted by Crippen LogP contribution is -2.41. The van der Waals surface area contributed by atoms with Crippen molar-refractivity contribution < 1.29 is 14.0 Å². The van der Waals surface area contributed by atoms with E-state index in [1.54, 1.807) is 12.5 Å². The number of rotatable bonds is 2. The van der Waals surface area contributed by atoms with E-state index in [-0.39, 0.29) is 18.0 Å². The average Bonchev–Trinajstić information content (AvgIpc) is 3.12. The van der Waals surface area contributed by atoms with E-state index in [9.17, 15) is 5.21 Å². The Kier molecular flexibility index (Phi) is 3.13. The van der Waals surface area contributed by atoms with E-state index in [0.29, 0.717) is 6.42 Å². The fourth-order valence-corrected chi connectivity index (χ4v) is 2.61. The van der Waals surface area contributed by atoms with Gasteiger partial charge in [0, 0.05) is 12.3 Å². The van der Waals surface area contributed by atoms with Crippen molar-refractivity contribution in [1.29, 1.82) is 0 Å². The van der Waals surface area contributed by atoms with Gasteiger partial charge in [0.25, 0.3) is 0 Å². The summed E-state index contributed by atoms with van der Waals surface area (Å²) in [7, 11) is 0. The first-order valence-corrected chi connectivity index (χ1v) is 6.33. The van der Waals surface area contributed by atoms with E-state index in [1.165, 1.54) is 0 Å². The van der Waals surface area contributed by atoms with Crippen molar-refractivity contribution in [3.05, 3.63) is 48.3 Å². The number of nitrogens with one attached hydrogen (secondary N) is 1. The van der Waals surface area contributed by atoms with Crippen LogP contribution in [0.15, 0.2) is 50.8 Å². The molecule has 0 spiro atoms. The average molecular weight is 260 g/mol. The Morgan fingerprint density at radius 2 is 1.89 bits per heavy atom. The lowest BCUT2D eigenvalue weighted by atomic mass is 9.85. The van der Waals surface area contributed by atoms with Crippen LogP contribution >= 0.6 is 0 Å². The molecule has 0 aromatic carbocycles. The minimum atomic E-state index is -0.0234. The van der Waals surface area contributed by atoms with Gasteiger partial charge in [0.1, 0.15) is 11.5 Å². The highest BCUT2D eigenvalue weighted by molar-refractivity contribution is 5.88. The molecular formula is C14H16N2O3. The van der Waals surface area contributed by atoms with Crippen LogP contribution in [0.3, 0.4) is 0 Å². The third-order valence-electron chi connectivity index (χ3n) is 3.68. The molecule has 1 saturated heterocycles. The zero-order valence-electron chi connectivity index (χ0n) is 10.6. The van der Waals surface area contributed by atoms with Gasteiger partial charge in [-0.25, -0.2) is 0 Å². The molecule has 0 unspecified atom stereocenters. The van der Waals surface area contributed by atoms with Crippen molar-refractivity contribution >= 4 is 5.71 Å². The van der Waals surface area contributed by atoms with Gasteiger partial charge in [-0.2, -0.15) is 0 Å². The molecule has 1 fully saturated rings. The van der Waals surface area contributed by atoms with E-state index in [1.807, 2.05) is 31.2 Å². The minimum Gasteiger partial charge on any atom is -0.468 e. The molecule has 5 nitrogen and oxygen atoms in total. The van der Waals surface area contributed by atoms with Gasteiger partial charge < -0.3 is 14.0 Å². The topological polar surface area (TPSA) is 70.9 Å². The lowest BCUT2D eigenvalue weighted by Gasteiger charge is -2.34. The Balaban J connectivity index is 1.91. The Labute approximate surface area is 110 Å². The maximum absolute atomic E-state index is 9.19. The second-order valence-electron chi connectivity index (χ2n) is 4.81. The fraction of sp³-hybridized carbons (Fsp3) is 0.357. The summed E-state index contributed by atoms with van der Waals surface area (Å²) >= 11 is 0. The van der Waals surface area contributed by atoms with Gasteiger partial charge in [-0.3, -0.25) is 5.32 Å². The SMILES string of the molecule is C[C@@H]1/C(=N/O)C[C@@H](c2ccco2)N[C@@H]1c1ccco1. The maximum Gasteiger partial charge on any atom is 0.121 e. The van der Waals surface area contributed by atoms with Crippen LogP contribution in [-0.2, 0) is 0 Å². The Morgan fingerprint density at radius 3 is 2.47 bits per heavy atom. The molecule has 0 amide bonds. The molecule has 19 heavy (non-hydrogen) atoms. The summed E-state index contributed by atoms with van der Waals surface area (Å²) < 4.78 is 10.9. The number of oxime groups is 1. The zero-order chi connectivity index (χ0) is 13.2. The van der Waals surface area contributed by atoms with E-state index in [4.69, 9.17) is 8.83 Å². The molecule has 2 aromatic heterocycles. The molecule has 2 N–H and O–H groups in total. The van der Waals surface area contributed by atoms with Gasteiger partial charge in [0.05, 0.1) is 30.3 Å². The Morgan fingerprint density at radius 1 is 1.21 bits per heavy atom. The van der Waals surface area contributed by atoms with Gasteiger partial charge in [0.15, 0.2) is 0 Å². The molecule has 0 bridgehead atoms. The van der Waals surface area contributed by atoms with E-state index < -0.39 is 0 Å². The molecule has 3 rings (SSSR count). The second-order valence-corrected chi connectivity index (χ2v) is 4.81. The molecule has 0 aliphatic carbocycles. The summed E-state index contributed by atoms with van der Waals surface area (Å²) in [5.74, 6) is 1.75. The first kappa shape index (κ1) is 12.0. The molecule has 5 heteroatoms. The highest BCUT2D eigenvalue weighted by atomic mass is 16.4. The van der Waals surface area contributed by atoms with Crippen LogP contribution in [0.5, 0.6) is 0 Å². The fourth-order valence-electron chi connectivity index (χ4n) is 2.61. The Bertz CT molecular complexity index is 545. The summed E-state index contributed by atoms with van der Waals surface area (Å²) in [6.07, 6.45) is 3.92. The molecule has 3 heterocycles. The molecule has 3 atom stereocenters. The quantitative estimate of drug-likeness (QED) is 0.643. The highest BCUT2D eigenvalue weighted by Crippen LogP contribution is 2.35. The third kappa shape index (κ3) is 2.17. The molecule has 0 saturated carbocycles. The minimum absolute atomic E-state index is 0.00722. The van der Waals surface area contributed by atoms with Crippen molar-refractivity contribution in [2.45, 2.75) is 25.4 Å². The lowest BCUT2D eigenvalue weighted by molar-refractivity contribution is 0.267. The monoisotopic (exact) mass is 260 g/mol. The van der Waals surface area contributed by atoms with Crippen LogP contribution in [0.1, 0.15) is 36.9 Å². The molecule has 1 aliphatic heterocycles. The first-order chi connectivity index (χ1) is 9.29. The molecule has 1 aliphatic rings. The van der Waals surface area contributed by atoms with Gasteiger partial charge in [-0.05, 0) is 24.3 Å². The van der Waals surface area contributed by atoms with E-state index in [2.05, 4.69) is 10.5 Å². The highest BCUT2D eigenvalue weighted by Gasteiger charge is 2.36. The number of nitrogens with zero attached hydrogens (tertiary/aromatic N) is 1. The summed E-state index contributed by atoms with van der Waals surface area (Å²) in [5.41, 5.74) is 0.751. The van der Waals surface area contributed by atoms with Crippen molar-refractivity contribution in [1.82, 2.24) is 5.32 Å². The predicted molar refractivity (Wildman–Crippen MR) is 69.0 cm³/mol. The van der Waals surface area contributed by atoms with Gasteiger partial charge in [-0.1, -0.05) is 12.1 Å².